The first kappa shape index (κ1) is 18.4. The smallest absolute Gasteiger partial charge is 0.338 e. The third kappa shape index (κ3) is 13.6. The monoisotopic (exact) mass is 274 g/mol. The molecule has 1 N–H and O–H groups in total. The highest BCUT2D eigenvalue weighted by molar-refractivity contribution is 5.71. The fourth-order valence-electron chi connectivity index (χ4n) is 2.29. The summed E-state index contributed by atoms with van der Waals surface area (Å²) >= 11 is 0. The topological polar surface area (TPSA) is 37.3 Å². The van der Waals surface area contributed by atoms with E-state index >= 15 is 0 Å². The summed E-state index contributed by atoms with van der Waals surface area (Å²) in [7, 11) is 0. The zero-order valence-corrected chi connectivity index (χ0v) is 12.5. The summed E-state index contributed by atoms with van der Waals surface area (Å²) in [5.74, 6) is -1.32. The Morgan fingerprint density at radius 1 is 0.842 bits per heavy atom. The molecule has 0 aromatic rings. The van der Waals surface area contributed by atoms with Crippen LogP contribution in [0.5, 0.6) is 0 Å². The Hall–Kier alpha value is -0.600. The summed E-state index contributed by atoms with van der Waals surface area (Å²) in [6, 6.07) is 0. The van der Waals surface area contributed by atoms with E-state index in [4.69, 9.17) is 5.11 Å². The highest BCUT2D eigenvalue weighted by Gasteiger charge is 2.13. The first-order valence-corrected chi connectivity index (χ1v) is 8.05. The zero-order valence-electron chi connectivity index (χ0n) is 12.5. The number of hydrogen-bond donors (Lipinski definition) is 1. The van der Waals surface area contributed by atoms with Crippen LogP contribution in [0.4, 0.5) is 4.39 Å². The highest BCUT2D eigenvalue weighted by Crippen LogP contribution is 2.13. The maximum Gasteiger partial charge on any atom is 0.338 e. The molecule has 1 atom stereocenters. The van der Waals surface area contributed by atoms with Crippen molar-refractivity contribution in [3.05, 3.63) is 0 Å². The fraction of sp³-hybridized carbons (Fsp3) is 0.938. The normalized spacial score (nSPS) is 12.5. The molecule has 0 aromatic heterocycles. The fourth-order valence-corrected chi connectivity index (χ4v) is 2.29. The molecule has 0 heterocycles. The Bertz CT molecular complexity index is 207. The molecule has 0 aliphatic heterocycles. The summed E-state index contributed by atoms with van der Waals surface area (Å²) in [6.45, 7) is 2.24. The maximum absolute atomic E-state index is 12.7. The number of carboxylic acid groups (broad SMARTS) is 1. The molecule has 0 aromatic carbocycles. The van der Waals surface area contributed by atoms with Crippen LogP contribution in [-0.4, -0.2) is 17.2 Å². The van der Waals surface area contributed by atoms with Gasteiger partial charge in [0.15, 0.2) is 6.17 Å². The average Bonchev–Trinajstić information content (AvgIpc) is 2.39. The van der Waals surface area contributed by atoms with Crippen molar-refractivity contribution in [2.45, 2.75) is 96.6 Å². The van der Waals surface area contributed by atoms with Gasteiger partial charge in [-0.15, -0.1) is 0 Å². The summed E-state index contributed by atoms with van der Waals surface area (Å²) in [5.41, 5.74) is 0. The van der Waals surface area contributed by atoms with Gasteiger partial charge in [0.1, 0.15) is 0 Å². The largest absolute Gasteiger partial charge is 0.479 e. The molecule has 0 spiro atoms. The Morgan fingerprint density at radius 2 is 1.21 bits per heavy atom. The molecule has 0 saturated heterocycles. The lowest BCUT2D eigenvalue weighted by atomic mass is 10.0. The van der Waals surface area contributed by atoms with Crippen LogP contribution < -0.4 is 0 Å². The Kier molecular flexibility index (Phi) is 13.4. The molecule has 0 aliphatic rings. The molecule has 2 nitrogen and oxygen atoms in total. The molecule has 0 amide bonds. The highest BCUT2D eigenvalue weighted by atomic mass is 19.1. The van der Waals surface area contributed by atoms with E-state index < -0.39 is 12.1 Å². The van der Waals surface area contributed by atoms with E-state index in [-0.39, 0.29) is 6.42 Å². The number of halogens is 1. The molecular formula is C16H31FO2. The van der Waals surface area contributed by atoms with Crippen LogP contribution >= 0.6 is 0 Å². The van der Waals surface area contributed by atoms with Gasteiger partial charge in [-0.1, -0.05) is 77.6 Å². The van der Waals surface area contributed by atoms with Crippen LogP contribution in [0.1, 0.15) is 90.4 Å². The van der Waals surface area contributed by atoms with E-state index in [1.165, 1.54) is 57.8 Å². The van der Waals surface area contributed by atoms with Gasteiger partial charge in [0, 0.05) is 0 Å². The SMILES string of the molecule is CCCCCCCCCCCCCC[C@H](F)C(=O)O. The van der Waals surface area contributed by atoms with E-state index in [1.807, 2.05) is 0 Å². The van der Waals surface area contributed by atoms with E-state index in [2.05, 4.69) is 6.92 Å². The molecule has 0 radical (unpaired) electrons. The lowest BCUT2D eigenvalue weighted by molar-refractivity contribution is -0.143. The van der Waals surface area contributed by atoms with Crippen molar-refractivity contribution in [2.75, 3.05) is 0 Å². The molecule has 0 fully saturated rings. The molecule has 0 rings (SSSR count). The van der Waals surface area contributed by atoms with E-state index in [9.17, 15) is 9.18 Å². The van der Waals surface area contributed by atoms with Crippen molar-refractivity contribution in [1.82, 2.24) is 0 Å². The molecule has 0 aliphatic carbocycles. The minimum absolute atomic E-state index is 0.173. The van der Waals surface area contributed by atoms with Crippen LogP contribution in [0.25, 0.3) is 0 Å². The third-order valence-electron chi connectivity index (χ3n) is 3.58. The zero-order chi connectivity index (χ0) is 14.3. The van der Waals surface area contributed by atoms with E-state index in [0.29, 0.717) is 6.42 Å². The Morgan fingerprint density at radius 3 is 1.58 bits per heavy atom. The number of carbonyl (C=O) groups is 1. The standard InChI is InChI=1S/C16H31FO2/c1-2-3-4-5-6-7-8-9-10-11-12-13-14-15(17)16(18)19/h15H,2-14H2,1H3,(H,18,19)/t15-/m0/s1. The van der Waals surface area contributed by atoms with Crippen LogP contribution in [0.15, 0.2) is 0 Å². The lowest BCUT2D eigenvalue weighted by Gasteiger charge is -2.04. The average molecular weight is 274 g/mol. The first-order valence-electron chi connectivity index (χ1n) is 8.05. The van der Waals surface area contributed by atoms with Gasteiger partial charge in [-0.25, -0.2) is 9.18 Å². The van der Waals surface area contributed by atoms with Gasteiger partial charge >= 0.3 is 5.97 Å². The number of carboxylic acids is 1. The van der Waals surface area contributed by atoms with Gasteiger partial charge in [-0.3, -0.25) is 0 Å². The van der Waals surface area contributed by atoms with Gasteiger partial charge in [0.05, 0.1) is 0 Å². The van der Waals surface area contributed by atoms with Crippen molar-refractivity contribution in [1.29, 1.82) is 0 Å². The Labute approximate surface area is 117 Å². The van der Waals surface area contributed by atoms with E-state index in [1.54, 1.807) is 0 Å². The van der Waals surface area contributed by atoms with Gasteiger partial charge in [-0.05, 0) is 12.8 Å². The van der Waals surface area contributed by atoms with Crippen molar-refractivity contribution in [3.8, 4) is 0 Å². The molecule has 0 unspecified atom stereocenters. The minimum Gasteiger partial charge on any atom is -0.479 e. The van der Waals surface area contributed by atoms with Crippen LogP contribution in [0.2, 0.25) is 0 Å². The molecule has 19 heavy (non-hydrogen) atoms. The minimum atomic E-state index is -1.66. The molecule has 114 valence electrons. The van der Waals surface area contributed by atoms with Gasteiger partial charge in [-0.2, -0.15) is 0 Å². The van der Waals surface area contributed by atoms with Crippen molar-refractivity contribution in [3.63, 3.8) is 0 Å². The van der Waals surface area contributed by atoms with Gasteiger partial charge < -0.3 is 5.11 Å². The molecule has 0 bridgehead atoms. The second-order valence-electron chi connectivity index (χ2n) is 5.48. The summed E-state index contributed by atoms with van der Waals surface area (Å²) in [6.07, 6.45) is 13.2. The summed E-state index contributed by atoms with van der Waals surface area (Å²) < 4.78 is 12.7. The number of aliphatic carboxylic acids is 1. The van der Waals surface area contributed by atoms with Crippen LogP contribution in [0.3, 0.4) is 0 Å². The lowest BCUT2D eigenvalue weighted by Crippen LogP contribution is -2.13. The summed E-state index contributed by atoms with van der Waals surface area (Å²) in [5, 5.41) is 8.38. The number of alkyl halides is 1. The quantitative estimate of drug-likeness (QED) is 0.425. The van der Waals surface area contributed by atoms with Crippen molar-refractivity contribution < 1.29 is 14.3 Å². The second kappa shape index (κ2) is 13.8. The molecular weight excluding hydrogens is 243 g/mol. The summed E-state index contributed by atoms with van der Waals surface area (Å²) in [4.78, 5) is 10.3. The third-order valence-corrected chi connectivity index (χ3v) is 3.58. The number of hydrogen-bond acceptors (Lipinski definition) is 1. The number of unbranched alkanes of at least 4 members (excludes halogenated alkanes) is 11. The first-order chi connectivity index (χ1) is 9.18. The van der Waals surface area contributed by atoms with Crippen molar-refractivity contribution in [2.24, 2.45) is 0 Å². The van der Waals surface area contributed by atoms with Gasteiger partial charge in [0.25, 0.3) is 0 Å². The predicted octanol–water partition coefficient (Wildman–Crippen LogP) is 5.50. The van der Waals surface area contributed by atoms with Crippen LogP contribution in [0, 0.1) is 0 Å². The second-order valence-corrected chi connectivity index (χ2v) is 5.48. The molecule has 3 heteroatoms. The van der Waals surface area contributed by atoms with E-state index in [0.717, 1.165) is 12.8 Å². The maximum atomic E-state index is 12.7. The van der Waals surface area contributed by atoms with Gasteiger partial charge in [0.2, 0.25) is 0 Å². The predicted molar refractivity (Wildman–Crippen MR) is 78.2 cm³/mol. The molecule has 0 saturated carbocycles. The number of rotatable bonds is 14. The van der Waals surface area contributed by atoms with Crippen LogP contribution in [-0.2, 0) is 4.79 Å². The van der Waals surface area contributed by atoms with Crippen molar-refractivity contribution >= 4 is 5.97 Å². The Balaban J connectivity index is 3.05.